The molecule has 0 aromatic heterocycles. The SMILES string of the molecule is O=C(O)C[C@@]12CCCC[C@@H]1CCC2. The van der Waals surface area contributed by atoms with Gasteiger partial charge in [0.2, 0.25) is 0 Å². The Labute approximate surface area is 79.3 Å². The van der Waals surface area contributed by atoms with Crippen LogP contribution in [0.4, 0.5) is 0 Å². The molecule has 2 atom stereocenters. The third-order valence-electron chi connectivity index (χ3n) is 4.07. The first-order valence-electron chi connectivity index (χ1n) is 5.45. The first-order chi connectivity index (χ1) is 6.23. The minimum absolute atomic E-state index is 0.212. The van der Waals surface area contributed by atoms with Crippen molar-refractivity contribution in [2.75, 3.05) is 0 Å². The van der Waals surface area contributed by atoms with Gasteiger partial charge in [-0.2, -0.15) is 0 Å². The van der Waals surface area contributed by atoms with Gasteiger partial charge in [-0.15, -0.1) is 0 Å². The maximum atomic E-state index is 10.8. The fraction of sp³-hybridized carbons (Fsp3) is 0.909. The minimum Gasteiger partial charge on any atom is -0.481 e. The van der Waals surface area contributed by atoms with Gasteiger partial charge in [-0.25, -0.2) is 0 Å². The molecule has 0 unspecified atom stereocenters. The van der Waals surface area contributed by atoms with Gasteiger partial charge in [0.1, 0.15) is 0 Å². The first kappa shape index (κ1) is 9.04. The van der Waals surface area contributed by atoms with Crippen LogP contribution >= 0.6 is 0 Å². The maximum absolute atomic E-state index is 10.8. The molecule has 0 heterocycles. The van der Waals surface area contributed by atoms with E-state index in [1.165, 1.54) is 44.9 Å². The summed E-state index contributed by atoms with van der Waals surface area (Å²) in [5.74, 6) is 0.145. The van der Waals surface area contributed by atoms with E-state index in [-0.39, 0.29) is 5.41 Å². The van der Waals surface area contributed by atoms with E-state index in [0.29, 0.717) is 6.42 Å². The van der Waals surface area contributed by atoms with Crippen LogP contribution in [0.3, 0.4) is 0 Å². The zero-order chi connectivity index (χ0) is 9.31. The summed E-state index contributed by atoms with van der Waals surface area (Å²) in [6.45, 7) is 0. The van der Waals surface area contributed by atoms with Crippen molar-refractivity contribution in [2.45, 2.75) is 51.4 Å². The average Bonchev–Trinajstić information content (AvgIpc) is 2.45. The number of hydrogen-bond donors (Lipinski definition) is 1. The number of rotatable bonds is 2. The van der Waals surface area contributed by atoms with Gasteiger partial charge in [-0.05, 0) is 37.0 Å². The van der Waals surface area contributed by atoms with Crippen molar-refractivity contribution in [2.24, 2.45) is 11.3 Å². The van der Waals surface area contributed by atoms with Gasteiger partial charge in [-0.1, -0.05) is 19.3 Å². The molecule has 0 saturated heterocycles. The van der Waals surface area contributed by atoms with Gasteiger partial charge < -0.3 is 5.11 Å². The second-order valence-corrected chi connectivity index (χ2v) is 4.77. The van der Waals surface area contributed by atoms with Gasteiger partial charge in [0.05, 0.1) is 6.42 Å². The van der Waals surface area contributed by atoms with Crippen LogP contribution in [0, 0.1) is 11.3 Å². The van der Waals surface area contributed by atoms with E-state index in [1.807, 2.05) is 0 Å². The molecule has 2 heteroatoms. The van der Waals surface area contributed by atoms with E-state index in [0.717, 1.165) is 5.92 Å². The average molecular weight is 182 g/mol. The lowest BCUT2D eigenvalue weighted by molar-refractivity contribution is -0.141. The molecule has 1 N–H and O–H groups in total. The third kappa shape index (κ3) is 1.59. The van der Waals surface area contributed by atoms with Gasteiger partial charge >= 0.3 is 5.97 Å². The van der Waals surface area contributed by atoms with Crippen molar-refractivity contribution >= 4 is 5.97 Å². The molecular formula is C11H18O2. The maximum Gasteiger partial charge on any atom is 0.303 e. The Kier molecular flexibility index (Phi) is 2.31. The Morgan fingerprint density at radius 3 is 2.69 bits per heavy atom. The van der Waals surface area contributed by atoms with Crippen LogP contribution in [0.1, 0.15) is 51.4 Å². The third-order valence-corrected chi connectivity index (χ3v) is 4.07. The molecule has 0 bridgehead atoms. The molecule has 2 nitrogen and oxygen atoms in total. The number of hydrogen-bond acceptors (Lipinski definition) is 1. The highest BCUT2D eigenvalue weighted by Gasteiger charge is 2.45. The Hall–Kier alpha value is -0.530. The fourth-order valence-electron chi connectivity index (χ4n) is 3.48. The highest BCUT2D eigenvalue weighted by molar-refractivity contribution is 5.67. The molecule has 0 amide bonds. The molecule has 0 spiro atoms. The second kappa shape index (κ2) is 3.32. The standard InChI is InChI=1S/C11H18O2/c12-10(13)8-11-6-2-1-4-9(11)5-3-7-11/h9H,1-8H2,(H,12,13)/t9-,11+/m1/s1. The van der Waals surface area contributed by atoms with Crippen molar-refractivity contribution in [3.05, 3.63) is 0 Å². The lowest BCUT2D eigenvalue weighted by atomic mass is 9.66. The molecule has 0 aromatic carbocycles. The molecule has 74 valence electrons. The van der Waals surface area contributed by atoms with Crippen molar-refractivity contribution < 1.29 is 9.90 Å². The van der Waals surface area contributed by atoms with E-state index in [1.54, 1.807) is 0 Å². The summed E-state index contributed by atoms with van der Waals surface area (Å²) in [5, 5.41) is 8.91. The smallest absolute Gasteiger partial charge is 0.303 e. The normalized spacial score (nSPS) is 38.6. The summed E-state index contributed by atoms with van der Waals surface area (Å²) in [5.41, 5.74) is 0.212. The highest BCUT2D eigenvalue weighted by Crippen LogP contribution is 2.54. The summed E-state index contributed by atoms with van der Waals surface area (Å²) >= 11 is 0. The quantitative estimate of drug-likeness (QED) is 0.713. The van der Waals surface area contributed by atoms with Crippen LogP contribution in [-0.2, 0) is 4.79 Å². The zero-order valence-corrected chi connectivity index (χ0v) is 8.09. The van der Waals surface area contributed by atoms with E-state index in [4.69, 9.17) is 5.11 Å². The van der Waals surface area contributed by atoms with E-state index >= 15 is 0 Å². The highest BCUT2D eigenvalue weighted by atomic mass is 16.4. The van der Waals surface area contributed by atoms with Crippen LogP contribution in [0.25, 0.3) is 0 Å². The Morgan fingerprint density at radius 2 is 1.92 bits per heavy atom. The fourth-order valence-corrected chi connectivity index (χ4v) is 3.48. The predicted octanol–water partition coefficient (Wildman–Crippen LogP) is 2.82. The van der Waals surface area contributed by atoms with Crippen molar-refractivity contribution in [3.8, 4) is 0 Å². The van der Waals surface area contributed by atoms with Crippen LogP contribution < -0.4 is 0 Å². The van der Waals surface area contributed by atoms with Crippen LogP contribution in [0.5, 0.6) is 0 Å². The van der Waals surface area contributed by atoms with E-state index in [2.05, 4.69) is 0 Å². The summed E-state index contributed by atoms with van der Waals surface area (Å²) < 4.78 is 0. The van der Waals surface area contributed by atoms with E-state index in [9.17, 15) is 4.79 Å². The number of carboxylic acids is 1. The van der Waals surface area contributed by atoms with Gasteiger partial charge in [-0.3, -0.25) is 4.79 Å². The molecule has 2 rings (SSSR count). The van der Waals surface area contributed by atoms with Crippen molar-refractivity contribution in [1.29, 1.82) is 0 Å². The van der Waals surface area contributed by atoms with Crippen LogP contribution in [-0.4, -0.2) is 11.1 Å². The summed E-state index contributed by atoms with van der Waals surface area (Å²) in [7, 11) is 0. The topological polar surface area (TPSA) is 37.3 Å². The van der Waals surface area contributed by atoms with Gasteiger partial charge in [0.15, 0.2) is 0 Å². The molecule has 2 aliphatic carbocycles. The molecule has 0 aliphatic heterocycles. The first-order valence-corrected chi connectivity index (χ1v) is 5.45. The summed E-state index contributed by atoms with van der Waals surface area (Å²) in [4.78, 5) is 10.8. The monoisotopic (exact) mass is 182 g/mol. The molecule has 0 radical (unpaired) electrons. The lowest BCUT2D eigenvalue weighted by Gasteiger charge is -2.38. The number of carbonyl (C=O) groups is 1. The number of carboxylic acid groups (broad SMARTS) is 1. The molecular weight excluding hydrogens is 164 g/mol. The summed E-state index contributed by atoms with van der Waals surface area (Å²) in [6.07, 6.45) is 9.18. The summed E-state index contributed by atoms with van der Waals surface area (Å²) in [6, 6.07) is 0. The van der Waals surface area contributed by atoms with E-state index < -0.39 is 5.97 Å². The van der Waals surface area contributed by atoms with Crippen LogP contribution in [0.15, 0.2) is 0 Å². The zero-order valence-electron chi connectivity index (χ0n) is 8.09. The second-order valence-electron chi connectivity index (χ2n) is 4.77. The van der Waals surface area contributed by atoms with Crippen molar-refractivity contribution in [3.63, 3.8) is 0 Å². The van der Waals surface area contributed by atoms with Crippen LogP contribution in [0.2, 0.25) is 0 Å². The molecule has 2 aliphatic rings. The molecule has 2 saturated carbocycles. The Bertz CT molecular complexity index is 212. The lowest BCUT2D eigenvalue weighted by Crippen LogP contribution is -2.31. The molecule has 0 aromatic rings. The number of fused-ring (bicyclic) bond motifs is 1. The predicted molar refractivity (Wildman–Crippen MR) is 50.5 cm³/mol. The van der Waals surface area contributed by atoms with Gasteiger partial charge in [0.25, 0.3) is 0 Å². The largest absolute Gasteiger partial charge is 0.481 e. The van der Waals surface area contributed by atoms with Gasteiger partial charge in [0, 0.05) is 0 Å². The Balaban J connectivity index is 2.11. The molecule has 2 fully saturated rings. The molecule has 13 heavy (non-hydrogen) atoms. The number of aliphatic carboxylic acids is 1. The Morgan fingerprint density at radius 1 is 1.23 bits per heavy atom. The minimum atomic E-state index is -0.589. The van der Waals surface area contributed by atoms with Crippen molar-refractivity contribution in [1.82, 2.24) is 0 Å².